The van der Waals surface area contributed by atoms with Crippen LogP contribution in [0.15, 0.2) is 36.5 Å². The SMILES string of the molecule is [2H]C(CC)(SC(=O)c1ccccc1)C(C)N(C=O)Cc1cnc(C)nc1N. The van der Waals surface area contributed by atoms with Crippen LogP contribution in [0.5, 0.6) is 0 Å². The Hall–Kier alpha value is -2.41. The van der Waals surface area contributed by atoms with Crippen LogP contribution in [0.4, 0.5) is 5.82 Å². The van der Waals surface area contributed by atoms with Crippen molar-refractivity contribution in [1.82, 2.24) is 14.9 Å². The molecule has 2 N–H and O–H groups in total. The second kappa shape index (κ2) is 9.33. The number of hydrogen-bond acceptors (Lipinski definition) is 6. The molecule has 0 fully saturated rings. The molecule has 0 aliphatic rings. The Morgan fingerprint density at radius 2 is 2.12 bits per heavy atom. The van der Waals surface area contributed by atoms with E-state index >= 15 is 0 Å². The van der Waals surface area contributed by atoms with Gasteiger partial charge in [0.1, 0.15) is 11.6 Å². The quantitative estimate of drug-likeness (QED) is 0.715. The highest BCUT2D eigenvalue weighted by Crippen LogP contribution is 2.26. The van der Waals surface area contributed by atoms with Gasteiger partial charge in [-0.1, -0.05) is 49.0 Å². The van der Waals surface area contributed by atoms with E-state index in [0.717, 1.165) is 11.8 Å². The standard InChI is InChI=1S/C19H24N4O2S/c1-4-17(26-19(25)15-8-6-5-7-9-15)13(2)23(12-24)11-16-10-21-14(3)22-18(16)20/h5-10,12-13,17H,4,11H2,1-3H3,(H2,20,21,22)/i17D. The molecule has 26 heavy (non-hydrogen) atoms. The van der Waals surface area contributed by atoms with Crippen molar-refractivity contribution in [3.63, 3.8) is 0 Å². The van der Waals surface area contributed by atoms with Gasteiger partial charge in [0.25, 0.3) is 0 Å². The maximum Gasteiger partial charge on any atom is 0.219 e. The van der Waals surface area contributed by atoms with E-state index < -0.39 is 11.3 Å². The summed E-state index contributed by atoms with van der Waals surface area (Å²) in [5, 5.41) is -1.39. The molecule has 7 heteroatoms. The largest absolute Gasteiger partial charge is 0.383 e. The number of anilines is 1. The highest BCUT2D eigenvalue weighted by atomic mass is 32.2. The van der Waals surface area contributed by atoms with Crippen LogP contribution in [0.3, 0.4) is 0 Å². The van der Waals surface area contributed by atoms with Crippen molar-refractivity contribution in [2.75, 3.05) is 5.73 Å². The zero-order chi connectivity index (χ0) is 20.0. The number of amides is 1. The number of carbonyl (C=O) groups is 2. The molecule has 2 rings (SSSR count). The Balaban J connectivity index is 2.19. The average molecular weight is 374 g/mol. The topological polar surface area (TPSA) is 89.2 Å². The fourth-order valence-corrected chi connectivity index (χ4v) is 3.43. The summed E-state index contributed by atoms with van der Waals surface area (Å²) in [7, 11) is 0. The van der Waals surface area contributed by atoms with Gasteiger partial charge in [0.15, 0.2) is 0 Å². The van der Waals surface area contributed by atoms with Gasteiger partial charge in [-0.3, -0.25) is 9.59 Å². The number of rotatable bonds is 8. The van der Waals surface area contributed by atoms with Crippen LogP contribution in [0.2, 0.25) is 0 Å². The van der Waals surface area contributed by atoms with Gasteiger partial charge in [0, 0.05) is 30.0 Å². The number of thioether (sulfide) groups is 1. The maximum absolute atomic E-state index is 12.6. The fraction of sp³-hybridized carbons (Fsp3) is 0.368. The number of benzene rings is 1. The number of nitrogen functional groups attached to an aromatic ring is 1. The van der Waals surface area contributed by atoms with E-state index in [1.165, 1.54) is 4.90 Å². The lowest BCUT2D eigenvalue weighted by molar-refractivity contribution is -0.120. The Bertz CT molecular complexity index is 806. The minimum Gasteiger partial charge on any atom is -0.383 e. The van der Waals surface area contributed by atoms with Crippen LogP contribution in [-0.2, 0) is 11.3 Å². The van der Waals surface area contributed by atoms with Crippen molar-refractivity contribution in [3.8, 4) is 0 Å². The summed E-state index contributed by atoms with van der Waals surface area (Å²) in [6.07, 6.45) is 2.65. The zero-order valence-electron chi connectivity index (χ0n) is 16.2. The van der Waals surface area contributed by atoms with Gasteiger partial charge in [0.2, 0.25) is 11.5 Å². The third-order valence-electron chi connectivity index (χ3n) is 4.05. The third-order valence-corrected chi connectivity index (χ3v) is 5.37. The molecule has 0 bridgehead atoms. The Morgan fingerprint density at radius 1 is 1.42 bits per heavy atom. The molecule has 0 radical (unpaired) electrons. The second-order valence-corrected chi connectivity index (χ2v) is 6.96. The van der Waals surface area contributed by atoms with Gasteiger partial charge >= 0.3 is 0 Å². The van der Waals surface area contributed by atoms with E-state index in [1.54, 1.807) is 44.3 Å². The van der Waals surface area contributed by atoms with Gasteiger partial charge in [-0.05, 0) is 20.3 Å². The molecule has 0 aliphatic heterocycles. The minimum atomic E-state index is -1.20. The molecule has 2 atom stereocenters. The van der Waals surface area contributed by atoms with Crippen LogP contribution in [0, 0.1) is 6.92 Å². The molecule has 1 aromatic carbocycles. The fourth-order valence-electron chi connectivity index (χ4n) is 2.49. The van der Waals surface area contributed by atoms with Crippen LogP contribution < -0.4 is 5.73 Å². The van der Waals surface area contributed by atoms with Gasteiger partial charge in [-0.2, -0.15) is 0 Å². The molecule has 1 heterocycles. The average Bonchev–Trinajstić information content (AvgIpc) is 2.67. The number of carbonyl (C=O) groups excluding carboxylic acids is 2. The zero-order valence-corrected chi connectivity index (χ0v) is 16.0. The number of aromatic nitrogens is 2. The van der Waals surface area contributed by atoms with E-state index in [1.807, 2.05) is 13.0 Å². The van der Waals surface area contributed by atoms with Crippen LogP contribution in [0.25, 0.3) is 0 Å². The molecular formula is C19H24N4O2S. The lowest BCUT2D eigenvalue weighted by Gasteiger charge is -2.31. The molecule has 1 amide bonds. The van der Waals surface area contributed by atoms with Gasteiger partial charge in [-0.25, -0.2) is 9.97 Å². The van der Waals surface area contributed by atoms with E-state index in [0.29, 0.717) is 35.6 Å². The molecule has 0 saturated carbocycles. The Kier molecular flexibility index (Phi) is 6.60. The Labute approximate surface area is 159 Å². The van der Waals surface area contributed by atoms with E-state index in [2.05, 4.69) is 9.97 Å². The first-order chi connectivity index (χ1) is 12.8. The third kappa shape index (κ3) is 5.05. The molecule has 0 saturated heterocycles. The first kappa shape index (κ1) is 18.4. The van der Waals surface area contributed by atoms with Crippen LogP contribution in [-0.4, -0.2) is 37.7 Å². The first-order valence-corrected chi connectivity index (χ1v) is 9.19. The number of hydrogen-bond donors (Lipinski definition) is 1. The summed E-state index contributed by atoms with van der Waals surface area (Å²) in [4.78, 5) is 34.0. The molecule has 6 nitrogen and oxygen atoms in total. The predicted molar refractivity (Wildman–Crippen MR) is 105 cm³/mol. The van der Waals surface area contributed by atoms with Crippen molar-refractivity contribution in [3.05, 3.63) is 53.5 Å². The number of nitrogens with two attached hydrogens (primary N) is 1. The van der Waals surface area contributed by atoms with Crippen LogP contribution in [0.1, 0.15) is 43.4 Å². The number of aryl methyl sites for hydroxylation is 1. The molecule has 1 aromatic heterocycles. The van der Waals surface area contributed by atoms with Crippen molar-refractivity contribution in [2.45, 2.75) is 45.0 Å². The monoisotopic (exact) mass is 373 g/mol. The highest BCUT2D eigenvalue weighted by molar-refractivity contribution is 8.14. The van der Waals surface area contributed by atoms with E-state index in [-0.39, 0.29) is 11.7 Å². The maximum atomic E-state index is 12.6. The summed E-state index contributed by atoms with van der Waals surface area (Å²) in [6.45, 7) is 5.51. The van der Waals surface area contributed by atoms with E-state index in [4.69, 9.17) is 7.10 Å². The van der Waals surface area contributed by atoms with Gasteiger partial charge in [-0.15, -0.1) is 0 Å². The van der Waals surface area contributed by atoms with Gasteiger partial charge in [0.05, 0.1) is 6.54 Å². The van der Waals surface area contributed by atoms with Crippen molar-refractivity contribution >= 4 is 29.1 Å². The van der Waals surface area contributed by atoms with Gasteiger partial charge < -0.3 is 10.6 Å². The summed E-state index contributed by atoms with van der Waals surface area (Å²) < 4.78 is 8.82. The summed E-state index contributed by atoms with van der Waals surface area (Å²) >= 11 is 0.934. The minimum absolute atomic E-state index is 0.178. The lowest BCUT2D eigenvalue weighted by Crippen LogP contribution is -2.39. The molecular weight excluding hydrogens is 348 g/mol. The Morgan fingerprint density at radius 3 is 2.69 bits per heavy atom. The summed E-state index contributed by atoms with van der Waals surface area (Å²) in [6, 6.07) is 8.31. The highest BCUT2D eigenvalue weighted by Gasteiger charge is 2.25. The second-order valence-electron chi connectivity index (χ2n) is 5.86. The van der Waals surface area contributed by atoms with Crippen molar-refractivity contribution < 1.29 is 11.0 Å². The van der Waals surface area contributed by atoms with Crippen molar-refractivity contribution in [2.24, 2.45) is 0 Å². The predicted octanol–water partition coefficient (Wildman–Crippen LogP) is 3.07. The summed E-state index contributed by atoms with van der Waals surface area (Å²) in [5.41, 5.74) is 7.07. The smallest absolute Gasteiger partial charge is 0.219 e. The van der Waals surface area contributed by atoms with Crippen molar-refractivity contribution in [1.29, 1.82) is 0 Å². The molecule has 138 valence electrons. The normalized spacial score (nSPS) is 14.8. The molecule has 0 aliphatic carbocycles. The lowest BCUT2D eigenvalue weighted by atomic mass is 10.1. The summed E-state index contributed by atoms with van der Waals surface area (Å²) in [5.74, 6) is 0.857. The molecule has 2 unspecified atom stereocenters. The molecule has 2 aromatic rings. The van der Waals surface area contributed by atoms with E-state index in [9.17, 15) is 9.59 Å². The first-order valence-electron chi connectivity index (χ1n) is 8.88. The number of nitrogens with zero attached hydrogens (tertiary/aromatic N) is 3. The van der Waals surface area contributed by atoms with Crippen LogP contribution >= 0.6 is 11.8 Å². The molecule has 0 spiro atoms.